The van der Waals surface area contributed by atoms with E-state index in [-0.39, 0.29) is 12.4 Å². The largest absolute Gasteiger partial charge is 0.454 e. The van der Waals surface area contributed by atoms with Gasteiger partial charge >= 0.3 is 0 Å². The quantitative estimate of drug-likeness (QED) is 0.860. The van der Waals surface area contributed by atoms with Gasteiger partial charge in [0, 0.05) is 11.1 Å². The van der Waals surface area contributed by atoms with Gasteiger partial charge in [0.15, 0.2) is 11.5 Å². The van der Waals surface area contributed by atoms with Crippen LogP contribution >= 0.6 is 15.9 Å². The fraction of sp³-hybridized carbons (Fsp3) is 0.333. The fourth-order valence-electron chi connectivity index (χ4n) is 2.84. The van der Waals surface area contributed by atoms with E-state index in [9.17, 15) is 4.79 Å². The first-order valence-electron chi connectivity index (χ1n) is 6.94. The highest BCUT2D eigenvalue weighted by atomic mass is 79.9. The molecule has 1 aromatic carbocycles. The summed E-state index contributed by atoms with van der Waals surface area (Å²) in [5.41, 5.74) is 2.55. The van der Waals surface area contributed by atoms with Crippen LogP contribution in [0.2, 0.25) is 0 Å². The lowest BCUT2D eigenvalue weighted by Crippen LogP contribution is -2.21. The van der Waals surface area contributed by atoms with Gasteiger partial charge < -0.3 is 14.5 Å². The van der Waals surface area contributed by atoms with Gasteiger partial charge in [-0.3, -0.25) is 4.79 Å². The Hall–Kier alpha value is -1.82. The van der Waals surface area contributed by atoms with Crippen LogP contribution in [0, 0.1) is 0 Å². The summed E-state index contributed by atoms with van der Waals surface area (Å²) in [7, 11) is 0. The molecule has 1 aliphatic carbocycles. The third kappa shape index (κ3) is 2.14. The number of hydrogen-bond donors (Lipinski definition) is 1. The van der Waals surface area contributed by atoms with E-state index in [1.54, 1.807) is 0 Å². The van der Waals surface area contributed by atoms with Crippen LogP contribution in [0.25, 0.3) is 11.4 Å². The van der Waals surface area contributed by atoms with Crippen LogP contribution in [0.5, 0.6) is 11.5 Å². The molecule has 4 rings (SSSR count). The average Bonchev–Trinajstić information content (AvgIpc) is 2.96. The van der Waals surface area contributed by atoms with E-state index in [4.69, 9.17) is 9.47 Å². The molecule has 0 saturated heterocycles. The monoisotopic (exact) mass is 348 g/mol. The standard InChI is InChI=1S/C15H13BrN2O3/c16-10-5-8(6-12-13(10)21-7-20-12)14-17-11-4-2-1-3-9(11)15(19)18-14/h5-6H,1-4,7H2,(H,17,18,19). The Morgan fingerprint density at radius 3 is 2.95 bits per heavy atom. The van der Waals surface area contributed by atoms with Gasteiger partial charge in [-0.15, -0.1) is 0 Å². The Morgan fingerprint density at radius 2 is 2.05 bits per heavy atom. The molecular weight excluding hydrogens is 336 g/mol. The number of nitrogens with one attached hydrogen (secondary N) is 1. The minimum Gasteiger partial charge on any atom is -0.454 e. The summed E-state index contributed by atoms with van der Waals surface area (Å²) in [5.74, 6) is 1.94. The number of fused-ring (bicyclic) bond motifs is 2. The number of H-pyrrole nitrogens is 1. The lowest BCUT2D eigenvalue weighted by Gasteiger charge is -2.14. The molecule has 0 saturated carbocycles. The van der Waals surface area contributed by atoms with Crippen molar-refractivity contribution in [2.45, 2.75) is 25.7 Å². The molecule has 2 aliphatic rings. The molecule has 1 aliphatic heterocycles. The average molecular weight is 349 g/mol. The van der Waals surface area contributed by atoms with Gasteiger partial charge in [0.25, 0.3) is 5.56 Å². The number of ether oxygens (including phenoxy) is 2. The van der Waals surface area contributed by atoms with Gasteiger partial charge in [0.1, 0.15) is 5.82 Å². The Kier molecular flexibility index (Phi) is 2.99. The zero-order chi connectivity index (χ0) is 14.4. The highest BCUT2D eigenvalue weighted by molar-refractivity contribution is 9.10. The summed E-state index contributed by atoms with van der Waals surface area (Å²) >= 11 is 3.46. The van der Waals surface area contributed by atoms with Crippen LogP contribution in [0.4, 0.5) is 0 Å². The summed E-state index contributed by atoms with van der Waals surface area (Å²) in [6.07, 6.45) is 3.85. The third-order valence-corrected chi connectivity index (χ3v) is 4.48. The van der Waals surface area contributed by atoms with Crippen molar-refractivity contribution in [1.82, 2.24) is 9.97 Å². The van der Waals surface area contributed by atoms with Crippen molar-refractivity contribution in [2.75, 3.05) is 6.79 Å². The number of halogens is 1. The molecule has 0 radical (unpaired) electrons. The second-order valence-corrected chi connectivity index (χ2v) is 6.09. The van der Waals surface area contributed by atoms with Crippen molar-refractivity contribution in [1.29, 1.82) is 0 Å². The lowest BCUT2D eigenvalue weighted by molar-refractivity contribution is 0.173. The van der Waals surface area contributed by atoms with Crippen molar-refractivity contribution in [2.24, 2.45) is 0 Å². The van der Waals surface area contributed by atoms with Crippen LogP contribution in [0.3, 0.4) is 0 Å². The smallest absolute Gasteiger partial charge is 0.254 e. The number of aryl methyl sites for hydroxylation is 1. The topological polar surface area (TPSA) is 64.2 Å². The molecule has 108 valence electrons. The van der Waals surface area contributed by atoms with Crippen molar-refractivity contribution in [3.63, 3.8) is 0 Å². The first kappa shape index (κ1) is 12.9. The summed E-state index contributed by atoms with van der Waals surface area (Å²) in [4.78, 5) is 19.7. The van der Waals surface area contributed by atoms with Crippen molar-refractivity contribution in [3.8, 4) is 22.9 Å². The van der Waals surface area contributed by atoms with E-state index >= 15 is 0 Å². The Bertz CT molecular complexity index is 785. The maximum atomic E-state index is 12.2. The van der Waals surface area contributed by atoms with Crippen LogP contribution < -0.4 is 15.0 Å². The predicted molar refractivity (Wildman–Crippen MR) is 80.8 cm³/mol. The third-order valence-electron chi connectivity index (χ3n) is 3.89. The molecule has 0 atom stereocenters. The zero-order valence-corrected chi connectivity index (χ0v) is 12.8. The van der Waals surface area contributed by atoms with E-state index < -0.39 is 0 Å². The van der Waals surface area contributed by atoms with Gasteiger partial charge in [-0.25, -0.2) is 4.98 Å². The number of benzene rings is 1. The van der Waals surface area contributed by atoms with Crippen LogP contribution in [-0.2, 0) is 12.8 Å². The Balaban J connectivity index is 1.86. The lowest BCUT2D eigenvalue weighted by atomic mass is 9.97. The maximum Gasteiger partial charge on any atom is 0.254 e. The summed E-state index contributed by atoms with van der Waals surface area (Å²) in [5, 5.41) is 0. The van der Waals surface area contributed by atoms with Crippen LogP contribution in [-0.4, -0.2) is 16.8 Å². The second-order valence-electron chi connectivity index (χ2n) is 5.24. The number of rotatable bonds is 1. The number of aromatic amines is 1. The van der Waals surface area contributed by atoms with Crippen molar-refractivity contribution in [3.05, 3.63) is 38.2 Å². The summed E-state index contributed by atoms with van der Waals surface area (Å²) in [6.45, 7) is 0.214. The van der Waals surface area contributed by atoms with Crippen LogP contribution in [0.1, 0.15) is 24.1 Å². The SMILES string of the molecule is O=c1[nH]c(-c2cc(Br)c3c(c2)OCO3)nc2c1CCCC2. The highest BCUT2D eigenvalue weighted by Gasteiger charge is 2.21. The van der Waals surface area contributed by atoms with E-state index in [0.717, 1.165) is 47.0 Å². The molecule has 0 bridgehead atoms. The molecule has 1 aromatic heterocycles. The van der Waals surface area contributed by atoms with Crippen molar-refractivity contribution < 1.29 is 9.47 Å². The zero-order valence-electron chi connectivity index (χ0n) is 11.2. The van der Waals surface area contributed by atoms with Gasteiger partial charge in [-0.05, 0) is 53.7 Å². The molecule has 5 nitrogen and oxygen atoms in total. The number of nitrogens with zero attached hydrogens (tertiary/aromatic N) is 1. The van der Waals surface area contributed by atoms with E-state index in [2.05, 4.69) is 25.9 Å². The molecular formula is C15H13BrN2O3. The Morgan fingerprint density at radius 1 is 1.19 bits per heavy atom. The first-order chi connectivity index (χ1) is 10.2. The molecule has 0 spiro atoms. The molecule has 2 heterocycles. The normalized spacial score (nSPS) is 15.9. The summed E-state index contributed by atoms with van der Waals surface area (Å²) < 4.78 is 11.6. The van der Waals surface area contributed by atoms with Gasteiger partial charge in [-0.2, -0.15) is 0 Å². The predicted octanol–water partition coefficient (Wildman–Crippen LogP) is 2.81. The molecule has 0 amide bonds. The molecule has 0 fully saturated rings. The van der Waals surface area contributed by atoms with E-state index in [0.29, 0.717) is 17.3 Å². The van der Waals surface area contributed by atoms with E-state index in [1.165, 1.54) is 0 Å². The molecule has 2 aromatic rings. The maximum absolute atomic E-state index is 12.2. The molecule has 21 heavy (non-hydrogen) atoms. The first-order valence-corrected chi connectivity index (χ1v) is 7.73. The van der Waals surface area contributed by atoms with Crippen molar-refractivity contribution >= 4 is 15.9 Å². The number of aromatic nitrogens is 2. The molecule has 6 heteroatoms. The van der Waals surface area contributed by atoms with Crippen LogP contribution in [0.15, 0.2) is 21.4 Å². The van der Waals surface area contributed by atoms with Gasteiger partial charge in [0.05, 0.1) is 10.2 Å². The molecule has 1 N–H and O–H groups in total. The summed E-state index contributed by atoms with van der Waals surface area (Å²) in [6, 6.07) is 3.74. The molecule has 0 unspecified atom stereocenters. The minimum absolute atomic E-state index is 0.0245. The minimum atomic E-state index is -0.0245. The van der Waals surface area contributed by atoms with Gasteiger partial charge in [-0.1, -0.05) is 0 Å². The number of hydrogen-bond acceptors (Lipinski definition) is 4. The second kappa shape index (κ2) is 4.87. The fourth-order valence-corrected chi connectivity index (χ4v) is 3.40. The van der Waals surface area contributed by atoms with E-state index in [1.807, 2.05) is 12.1 Å². The Labute approximate surface area is 129 Å². The highest BCUT2D eigenvalue weighted by Crippen LogP contribution is 2.41. The van der Waals surface area contributed by atoms with Gasteiger partial charge in [0.2, 0.25) is 6.79 Å².